The quantitative estimate of drug-likeness (QED) is 0.219. The molecule has 2 aliphatic rings. The van der Waals surface area contributed by atoms with Crippen molar-refractivity contribution >= 4 is 46.4 Å². The molecule has 5 atom stereocenters. The first-order valence-corrected chi connectivity index (χ1v) is 12.5. The largest absolute Gasteiger partial charge is 0.478 e. The van der Waals surface area contributed by atoms with Crippen LogP contribution in [0.2, 0.25) is 0 Å². The van der Waals surface area contributed by atoms with Gasteiger partial charge in [-0.25, -0.2) is 4.79 Å². The molecule has 1 saturated carbocycles. The number of thioether (sulfide) groups is 1. The van der Waals surface area contributed by atoms with Crippen molar-refractivity contribution in [1.29, 1.82) is 0 Å². The summed E-state index contributed by atoms with van der Waals surface area (Å²) in [4.78, 5) is 34.3. The number of anilines is 1. The highest BCUT2D eigenvalue weighted by atomic mass is 35.5. The summed E-state index contributed by atoms with van der Waals surface area (Å²) in [6, 6.07) is 17.5. The van der Waals surface area contributed by atoms with Gasteiger partial charge in [-0.1, -0.05) is 24.3 Å². The number of fused-ring (bicyclic) bond motifs is 3. The molecule has 0 unspecified atom stereocenters. The molecule has 1 heterocycles. The molecule has 11 heteroatoms. The third-order valence-electron chi connectivity index (χ3n) is 6.84. The number of para-hydroxylation sites is 1. The van der Waals surface area contributed by atoms with Crippen molar-refractivity contribution in [3.8, 4) is 0 Å². The highest BCUT2D eigenvalue weighted by Crippen LogP contribution is 2.58. The first-order valence-electron chi connectivity index (χ1n) is 11.2. The summed E-state index contributed by atoms with van der Waals surface area (Å²) in [5.41, 5.74) is 2.34. The maximum absolute atomic E-state index is 11.7. The van der Waals surface area contributed by atoms with E-state index in [1.54, 1.807) is 36.4 Å². The fraction of sp³-hybridized carbons (Fsp3) is 0.240. The van der Waals surface area contributed by atoms with E-state index in [0.29, 0.717) is 11.3 Å². The molecule has 1 fully saturated rings. The summed E-state index contributed by atoms with van der Waals surface area (Å²) >= 11 is 8.40. The van der Waals surface area contributed by atoms with E-state index in [-0.39, 0.29) is 40.1 Å². The van der Waals surface area contributed by atoms with Gasteiger partial charge in [-0.3, -0.25) is 20.2 Å². The van der Waals surface area contributed by atoms with Crippen LogP contribution in [-0.4, -0.2) is 31.5 Å². The molecule has 0 spiro atoms. The van der Waals surface area contributed by atoms with Crippen molar-refractivity contribution in [3.05, 3.63) is 104 Å². The number of carbonyl (C=O) groups is 1. The number of alkyl halides is 1. The number of nitro benzene ring substituents is 2. The molecule has 0 saturated heterocycles. The second-order valence-corrected chi connectivity index (χ2v) is 10.6. The maximum Gasteiger partial charge on any atom is 0.335 e. The molecule has 0 bridgehead atoms. The van der Waals surface area contributed by atoms with E-state index in [0.717, 1.165) is 16.8 Å². The molecule has 1 aliphatic heterocycles. The summed E-state index contributed by atoms with van der Waals surface area (Å²) in [7, 11) is 0. The van der Waals surface area contributed by atoms with Crippen molar-refractivity contribution in [1.82, 2.24) is 0 Å². The van der Waals surface area contributed by atoms with Crippen LogP contribution in [0.4, 0.5) is 17.1 Å². The summed E-state index contributed by atoms with van der Waals surface area (Å²) in [5.74, 6) is -1.43. The van der Waals surface area contributed by atoms with E-state index in [1.165, 1.54) is 36.0 Å². The average molecular weight is 526 g/mol. The van der Waals surface area contributed by atoms with Crippen LogP contribution in [0, 0.1) is 26.1 Å². The van der Waals surface area contributed by atoms with Gasteiger partial charge < -0.3 is 10.4 Å². The highest BCUT2D eigenvalue weighted by molar-refractivity contribution is 8.00. The zero-order chi connectivity index (χ0) is 25.6. The molecule has 5 rings (SSSR count). The van der Waals surface area contributed by atoms with Crippen LogP contribution in [-0.2, 0) is 0 Å². The van der Waals surface area contributed by atoms with Gasteiger partial charge in [0.05, 0.1) is 31.7 Å². The van der Waals surface area contributed by atoms with E-state index in [2.05, 4.69) is 5.32 Å². The molecule has 1 aliphatic carbocycles. The minimum absolute atomic E-state index is 0.00293. The van der Waals surface area contributed by atoms with E-state index in [9.17, 15) is 30.1 Å². The lowest BCUT2D eigenvalue weighted by Crippen LogP contribution is -2.31. The number of carboxylic acids is 1. The standard InChI is InChI=1S/C25H20ClN3O6S/c26-23-21(36-20-7-2-1-6-19(20)29(34)35)12-17-22(23)16-11-14(25(30)31)8-9-18(16)27-24(17)13-4-3-5-15(10-13)28(32)33/h1-11,17,21-24,27H,12H2,(H,30,31)/t17-,21-,22+,23-,24+/m1/s1. The summed E-state index contributed by atoms with van der Waals surface area (Å²) in [5, 5.41) is 35.3. The Morgan fingerprint density at radius 1 is 1.03 bits per heavy atom. The van der Waals surface area contributed by atoms with Gasteiger partial charge >= 0.3 is 5.97 Å². The van der Waals surface area contributed by atoms with E-state index in [1.807, 2.05) is 6.07 Å². The van der Waals surface area contributed by atoms with Gasteiger partial charge in [-0.05, 0) is 47.7 Å². The van der Waals surface area contributed by atoms with Crippen LogP contribution in [0.5, 0.6) is 0 Å². The topological polar surface area (TPSA) is 136 Å². The minimum atomic E-state index is -1.05. The molecule has 3 aromatic carbocycles. The molecule has 184 valence electrons. The fourth-order valence-corrected chi connectivity index (χ4v) is 7.23. The number of non-ortho nitro benzene ring substituents is 1. The maximum atomic E-state index is 11.7. The number of carboxylic acid groups (broad SMARTS) is 1. The Labute approximate surface area is 214 Å². The Hall–Kier alpha value is -3.63. The number of rotatable bonds is 6. The lowest BCUT2D eigenvalue weighted by molar-refractivity contribution is -0.387. The first kappa shape index (κ1) is 24.1. The van der Waals surface area contributed by atoms with Crippen molar-refractivity contribution in [2.45, 2.75) is 33.9 Å². The Balaban J connectivity index is 1.57. The van der Waals surface area contributed by atoms with Crippen LogP contribution >= 0.6 is 23.4 Å². The summed E-state index contributed by atoms with van der Waals surface area (Å²) < 4.78 is 0. The fourth-order valence-electron chi connectivity index (χ4n) is 5.28. The average Bonchev–Trinajstić information content (AvgIpc) is 3.19. The molecule has 0 amide bonds. The SMILES string of the molecule is O=C(O)c1ccc2c(c1)[C@@H]1[C@H](Cl)[C@H](Sc3ccccc3[N+](=O)[O-])C[C@H]1[C@H](c1cccc([N+](=O)[O-])c1)N2. The molecular weight excluding hydrogens is 506 g/mol. The lowest BCUT2D eigenvalue weighted by atomic mass is 9.76. The predicted octanol–water partition coefficient (Wildman–Crippen LogP) is 6.24. The number of nitrogens with zero attached hydrogens (tertiary/aromatic N) is 2. The number of halogens is 1. The van der Waals surface area contributed by atoms with Crippen molar-refractivity contribution in [2.75, 3.05) is 5.32 Å². The molecular formula is C25H20ClN3O6S. The Morgan fingerprint density at radius 2 is 1.81 bits per heavy atom. The third-order valence-corrected chi connectivity index (χ3v) is 8.95. The minimum Gasteiger partial charge on any atom is -0.478 e. The second-order valence-electron chi connectivity index (χ2n) is 8.83. The molecule has 36 heavy (non-hydrogen) atoms. The molecule has 0 aromatic heterocycles. The van der Waals surface area contributed by atoms with E-state index < -0.39 is 21.2 Å². The van der Waals surface area contributed by atoms with Gasteiger partial charge in [0, 0.05) is 35.1 Å². The highest BCUT2D eigenvalue weighted by Gasteiger charge is 2.50. The number of hydrogen-bond donors (Lipinski definition) is 2. The normalized spacial score (nSPS) is 24.3. The molecule has 9 nitrogen and oxygen atoms in total. The Kier molecular flexibility index (Phi) is 6.31. The lowest BCUT2D eigenvalue weighted by Gasteiger charge is -2.38. The molecule has 2 N–H and O–H groups in total. The van der Waals surface area contributed by atoms with Crippen molar-refractivity contribution in [2.24, 2.45) is 5.92 Å². The van der Waals surface area contributed by atoms with Gasteiger partial charge in [0.1, 0.15) is 0 Å². The zero-order valence-electron chi connectivity index (χ0n) is 18.6. The third kappa shape index (κ3) is 4.27. The predicted molar refractivity (Wildman–Crippen MR) is 136 cm³/mol. The number of nitrogens with one attached hydrogen (secondary N) is 1. The van der Waals surface area contributed by atoms with Crippen LogP contribution in [0.25, 0.3) is 0 Å². The summed E-state index contributed by atoms with van der Waals surface area (Å²) in [6.45, 7) is 0. The van der Waals surface area contributed by atoms with Gasteiger partial charge in [-0.15, -0.1) is 23.4 Å². The number of nitro groups is 2. The zero-order valence-corrected chi connectivity index (χ0v) is 20.2. The summed E-state index contributed by atoms with van der Waals surface area (Å²) in [6.07, 6.45) is 0.576. The van der Waals surface area contributed by atoms with Crippen molar-refractivity contribution in [3.63, 3.8) is 0 Å². The smallest absolute Gasteiger partial charge is 0.335 e. The van der Waals surface area contributed by atoms with Gasteiger partial charge in [0.2, 0.25) is 0 Å². The van der Waals surface area contributed by atoms with Gasteiger partial charge in [0.25, 0.3) is 11.4 Å². The van der Waals surface area contributed by atoms with E-state index >= 15 is 0 Å². The first-order chi connectivity index (χ1) is 17.2. The van der Waals surface area contributed by atoms with Gasteiger partial charge in [-0.2, -0.15) is 0 Å². The van der Waals surface area contributed by atoms with E-state index in [4.69, 9.17) is 11.6 Å². The molecule has 0 radical (unpaired) electrons. The van der Waals surface area contributed by atoms with Crippen LogP contribution in [0.3, 0.4) is 0 Å². The van der Waals surface area contributed by atoms with Crippen LogP contribution < -0.4 is 5.32 Å². The molecule has 3 aromatic rings. The Morgan fingerprint density at radius 3 is 2.53 bits per heavy atom. The van der Waals surface area contributed by atoms with Crippen LogP contribution in [0.15, 0.2) is 71.6 Å². The van der Waals surface area contributed by atoms with Gasteiger partial charge in [0.15, 0.2) is 0 Å². The van der Waals surface area contributed by atoms with Crippen molar-refractivity contribution < 1.29 is 19.7 Å². The number of hydrogen-bond acceptors (Lipinski definition) is 7. The second kappa shape index (κ2) is 9.44. The number of aromatic carboxylic acids is 1. The number of benzene rings is 3. The monoisotopic (exact) mass is 525 g/mol. The Bertz CT molecular complexity index is 1390. The van der Waals surface area contributed by atoms with Crippen LogP contribution in [0.1, 0.15) is 39.9 Å².